The van der Waals surface area contributed by atoms with Gasteiger partial charge in [0.15, 0.2) is 0 Å². The number of hydrogen-bond acceptors (Lipinski definition) is 5. The minimum atomic E-state index is -4.01. The van der Waals surface area contributed by atoms with Gasteiger partial charge in [0.2, 0.25) is 10.0 Å². The summed E-state index contributed by atoms with van der Waals surface area (Å²) < 4.78 is 48.4. The van der Waals surface area contributed by atoms with Gasteiger partial charge in [0.05, 0.1) is 13.2 Å². The molecule has 0 aliphatic carbocycles. The van der Waals surface area contributed by atoms with Crippen LogP contribution < -0.4 is 5.32 Å². The summed E-state index contributed by atoms with van der Waals surface area (Å²) in [7, 11) is -2.66. The molecule has 0 spiro atoms. The highest BCUT2D eigenvalue weighted by Gasteiger charge is 2.55. The quantitative estimate of drug-likeness (QED) is 0.728. The summed E-state index contributed by atoms with van der Waals surface area (Å²) in [5.41, 5.74) is -0.519. The second-order valence-electron chi connectivity index (χ2n) is 7.41. The fraction of sp³-hybridized carbons (Fsp3) is 0.318. The SMILES string of the molecule is C=C1N[C@](COCc2ccccc2)(c2ccccc2F)C(CC(C)=O)S(=O)(=O)N1C. The Kier molecular flexibility index (Phi) is 6.28. The van der Waals surface area contributed by atoms with Crippen molar-refractivity contribution in [3.63, 3.8) is 0 Å². The molecule has 2 aromatic carbocycles. The first-order valence-corrected chi connectivity index (χ1v) is 11.0. The van der Waals surface area contributed by atoms with Crippen LogP contribution in [-0.2, 0) is 31.7 Å². The smallest absolute Gasteiger partial charge is 0.242 e. The minimum absolute atomic E-state index is 0.0846. The molecule has 0 saturated carbocycles. The van der Waals surface area contributed by atoms with Crippen LogP contribution in [0.4, 0.5) is 4.39 Å². The number of ketones is 1. The lowest BCUT2D eigenvalue weighted by Crippen LogP contribution is -2.65. The fourth-order valence-corrected chi connectivity index (χ4v) is 5.67. The number of sulfonamides is 1. The van der Waals surface area contributed by atoms with Crippen molar-refractivity contribution in [3.05, 3.63) is 83.9 Å². The van der Waals surface area contributed by atoms with E-state index in [4.69, 9.17) is 4.74 Å². The van der Waals surface area contributed by atoms with E-state index < -0.39 is 26.6 Å². The van der Waals surface area contributed by atoms with Gasteiger partial charge in [-0.25, -0.2) is 12.8 Å². The number of rotatable bonds is 7. The van der Waals surface area contributed by atoms with E-state index in [1.165, 1.54) is 32.2 Å². The molecular formula is C22H25FN2O4S. The van der Waals surface area contributed by atoms with Crippen LogP contribution in [0.25, 0.3) is 0 Å². The summed E-state index contributed by atoms with van der Waals surface area (Å²) in [5, 5.41) is 1.80. The van der Waals surface area contributed by atoms with E-state index in [0.717, 1.165) is 9.87 Å². The van der Waals surface area contributed by atoms with Gasteiger partial charge in [-0.3, -0.25) is 9.10 Å². The van der Waals surface area contributed by atoms with Crippen LogP contribution in [0, 0.1) is 5.82 Å². The largest absolute Gasteiger partial charge is 0.374 e. The molecule has 0 amide bonds. The normalized spacial score (nSPS) is 23.1. The Morgan fingerprint density at radius 1 is 1.20 bits per heavy atom. The number of benzene rings is 2. The number of nitrogens with one attached hydrogen (secondary N) is 1. The van der Waals surface area contributed by atoms with Crippen LogP contribution in [0.5, 0.6) is 0 Å². The first kappa shape index (κ1) is 22.0. The Hall–Kier alpha value is -2.71. The Balaban J connectivity index is 2.09. The standard InChI is InChI=1S/C22H25FN2O4S/c1-16(26)13-21-22(19-11-7-8-12-20(19)23,24-17(2)25(3)30(21,27)28)15-29-14-18-9-5-4-6-10-18/h4-12,21,24H,2,13-15H2,1,3H3/t21?,22-/m1/s1. The first-order chi connectivity index (χ1) is 14.2. The van der Waals surface area contributed by atoms with E-state index >= 15 is 0 Å². The Morgan fingerprint density at radius 3 is 2.47 bits per heavy atom. The predicted octanol–water partition coefficient (Wildman–Crippen LogP) is 2.92. The molecule has 6 nitrogen and oxygen atoms in total. The van der Waals surface area contributed by atoms with E-state index in [-0.39, 0.29) is 36.8 Å². The van der Waals surface area contributed by atoms with E-state index in [2.05, 4.69) is 11.9 Å². The van der Waals surface area contributed by atoms with Gasteiger partial charge in [0.25, 0.3) is 0 Å². The number of Topliss-reactive ketones (excluding diaryl/α,β-unsaturated/α-hetero) is 1. The molecule has 8 heteroatoms. The number of halogens is 1. The van der Waals surface area contributed by atoms with Crippen LogP contribution in [0.3, 0.4) is 0 Å². The average Bonchev–Trinajstić information content (AvgIpc) is 2.70. The predicted molar refractivity (Wildman–Crippen MR) is 112 cm³/mol. The van der Waals surface area contributed by atoms with Crippen molar-refractivity contribution in [3.8, 4) is 0 Å². The molecule has 0 aromatic heterocycles. The van der Waals surface area contributed by atoms with Gasteiger partial charge in [0.1, 0.15) is 28.2 Å². The maximum atomic E-state index is 14.9. The topological polar surface area (TPSA) is 75.7 Å². The monoisotopic (exact) mass is 432 g/mol. The third-order valence-electron chi connectivity index (χ3n) is 5.31. The van der Waals surface area contributed by atoms with Crippen LogP contribution in [-0.4, -0.2) is 37.4 Å². The molecule has 0 radical (unpaired) electrons. The van der Waals surface area contributed by atoms with Crippen LogP contribution in [0.15, 0.2) is 67.0 Å². The second kappa shape index (κ2) is 8.57. The highest BCUT2D eigenvalue weighted by molar-refractivity contribution is 7.90. The average molecular weight is 433 g/mol. The van der Waals surface area contributed by atoms with Crippen molar-refractivity contribution < 1.29 is 22.3 Å². The first-order valence-electron chi connectivity index (χ1n) is 9.49. The molecule has 1 aliphatic rings. The lowest BCUT2D eigenvalue weighted by atomic mass is 9.84. The molecule has 2 atom stereocenters. The molecule has 1 fully saturated rings. The molecule has 160 valence electrons. The molecule has 1 N–H and O–H groups in total. The fourth-order valence-electron chi connectivity index (χ4n) is 3.73. The van der Waals surface area contributed by atoms with Crippen molar-refractivity contribution in [2.45, 2.75) is 30.7 Å². The zero-order chi connectivity index (χ0) is 21.9. The molecule has 1 heterocycles. The van der Waals surface area contributed by atoms with Gasteiger partial charge >= 0.3 is 0 Å². The summed E-state index contributed by atoms with van der Waals surface area (Å²) in [6.45, 7) is 5.14. The van der Waals surface area contributed by atoms with Crippen molar-refractivity contribution in [2.75, 3.05) is 13.7 Å². The second-order valence-corrected chi connectivity index (χ2v) is 9.56. The summed E-state index contributed by atoms with van der Waals surface area (Å²) in [6, 6.07) is 15.3. The zero-order valence-electron chi connectivity index (χ0n) is 17.0. The van der Waals surface area contributed by atoms with Crippen molar-refractivity contribution in [1.82, 2.24) is 9.62 Å². The lowest BCUT2D eigenvalue weighted by Gasteiger charge is -2.48. The highest BCUT2D eigenvalue weighted by Crippen LogP contribution is 2.40. The Morgan fingerprint density at radius 2 is 1.83 bits per heavy atom. The summed E-state index contributed by atoms with van der Waals surface area (Å²) in [6.07, 6.45) is -0.296. The number of nitrogens with zero attached hydrogens (tertiary/aromatic N) is 1. The van der Waals surface area contributed by atoms with Gasteiger partial charge in [-0.1, -0.05) is 55.1 Å². The van der Waals surface area contributed by atoms with Gasteiger partial charge in [-0.15, -0.1) is 0 Å². The van der Waals surface area contributed by atoms with E-state index in [9.17, 15) is 17.6 Å². The molecule has 3 rings (SSSR count). The molecule has 1 unspecified atom stereocenters. The minimum Gasteiger partial charge on any atom is -0.374 e. The van der Waals surface area contributed by atoms with Gasteiger partial charge < -0.3 is 10.1 Å². The van der Waals surface area contributed by atoms with E-state index in [1.54, 1.807) is 6.07 Å². The van der Waals surface area contributed by atoms with Crippen molar-refractivity contribution in [2.24, 2.45) is 0 Å². The maximum absolute atomic E-state index is 14.9. The highest BCUT2D eigenvalue weighted by atomic mass is 32.2. The van der Waals surface area contributed by atoms with Crippen LogP contribution in [0.1, 0.15) is 24.5 Å². The van der Waals surface area contributed by atoms with Crippen LogP contribution in [0.2, 0.25) is 0 Å². The molecule has 30 heavy (non-hydrogen) atoms. The third-order valence-corrected chi connectivity index (χ3v) is 7.58. The summed E-state index contributed by atoms with van der Waals surface area (Å²) in [5.74, 6) is -0.828. The number of ether oxygens (including phenoxy) is 1. The third kappa shape index (κ3) is 4.11. The van der Waals surface area contributed by atoms with Crippen molar-refractivity contribution in [1.29, 1.82) is 0 Å². The molecule has 1 aliphatic heterocycles. The van der Waals surface area contributed by atoms with Crippen molar-refractivity contribution >= 4 is 15.8 Å². The molecule has 1 saturated heterocycles. The molecule has 2 aromatic rings. The Labute approximate surface area is 176 Å². The number of carbonyl (C=O) groups is 1. The number of hydrogen-bond donors (Lipinski definition) is 1. The summed E-state index contributed by atoms with van der Waals surface area (Å²) >= 11 is 0. The maximum Gasteiger partial charge on any atom is 0.242 e. The Bertz CT molecular complexity index is 1040. The van der Waals surface area contributed by atoms with Gasteiger partial charge in [-0.2, -0.15) is 0 Å². The van der Waals surface area contributed by atoms with Crippen LogP contribution >= 0.6 is 0 Å². The lowest BCUT2D eigenvalue weighted by molar-refractivity contribution is -0.117. The summed E-state index contributed by atoms with van der Waals surface area (Å²) in [4.78, 5) is 12.0. The van der Waals surface area contributed by atoms with E-state index in [0.29, 0.717) is 0 Å². The number of carbonyl (C=O) groups excluding carboxylic acids is 1. The molecule has 0 bridgehead atoms. The van der Waals surface area contributed by atoms with Gasteiger partial charge in [0, 0.05) is 19.0 Å². The van der Waals surface area contributed by atoms with E-state index in [1.807, 2.05) is 30.3 Å². The zero-order valence-corrected chi connectivity index (χ0v) is 17.8. The molecular weight excluding hydrogens is 407 g/mol. The van der Waals surface area contributed by atoms with Gasteiger partial charge in [-0.05, 0) is 18.6 Å².